The van der Waals surface area contributed by atoms with E-state index in [1.807, 2.05) is 13.0 Å². The summed E-state index contributed by atoms with van der Waals surface area (Å²) in [5, 5.41) is 8.62. The highest BCUT2D eigenvalue weighted by atomic mass is 16.4. The van der Waals surface area contributed by atoms with E-state index < -0.39 is 5.97 Å². The fourth-order valence-electron chi connectivity index (χ4n) is 1.59. The van der Waals surface area contributed by atoms with Gasteiger partial charge >= 0.3 is 5.97 Å². The summed E-state index contributed by atoms with van der Waals surface area (Å²) in [7, 11) is 0. The Balaban J connectivity index is 4.39. The first-order valence-electron chi connectivity index (χ1n) is 6.05. The third-order valence-electron chi connectivity index (χ3n) is 2.74. The fraction of sp³-hybridized carbons (Fsp3) is 0.533. The van der Waals surface area contributed by atoms with Crippen LogP contribution in [0.2, 0.25) is 0 Å². The molecule has 0 heterocycles. The van der Waals surface area contributed by atoms with Crippen LogP contribution >= 0.6 is 0 Å². The summed E-state index contributed by atoms with van der Waals surface area (Å²) in [6.07, 6.45) is 7.63. The summed E-state index contributed by atoms with van der Waals surface area (Å²) in [5.74, 6) is -0.397. The topological polar surface area (TPSA) is 37.3 Å². The lowest BCUT2D eigenvalue weighted by Gasteiger charge is -2.11. The SMILES string of the molecule is CC(C)=CCCC(C)C(C)=CC(C)=CC(=O)O. The van der Waals surface area contributed by atoms with Crippen LogP contribution in [0, 0.1) is 5.92 Å². The summed E-state index contributed by atoms with van der Waals surface area (Å²) in [5.41, 5.74) is 3.38. The number of aliphatic carboxylic acids is 1. The molecule has 0 aliphatic rings. The van der Waals surface area contributed by atoms with Crippen molar-refractivity contribution in [3.05, 3.63) is 34.9 Å². The molecule has 0 aliphatic carbocycles. The molecule has 1 atom stereocenters. The van der Waals surface area contributed by atoms with E-state index in [0.29, 0.717) is 5.92 Å². The van der Waals surface area contributed by atoms with Crippen molar-refractivity contribution in [2.45, 2.75) is 47.5 Å². The summed E-state index contributed by atoms with van der Waals surface area (Å²) < 4.78 is 0. The molecule has 0 aromatic heterocycles. The van der Waals surface area contributed by atoms with Gasteiger partial charge in [-0.3, -0.25) is 0 Å². The number of carboxylic acids is 1. The minimum Gasteiger partial charge on any atom is -0.478 e. The molecule has 0 fully saturated rings. The Labute approximate surface area is 105 Å². The second-order valence-corrected chi connectivity index (χ2v) is 4.87. The smallest absolute Gasteiger partial charge is 0.328 e. The number of carboxylic acid groups (broad SMARTS) is 1. The van der Waals surface area contributed by atoms with Crippen LogP contribution in [0.25, 0.3) is 0 Å². The van der Waals surface area contributed by atoms with Crippen molar-refractivity contribution < 1.29 is 9.90 Å². The minimum absolute atomic E-state index is 0.489. The van der Waals surface area contributed by atoms with E-state index >= 15 is 0 Å². The summed E-state index contributed by atoms with van der Waals surface area (Å²) in [6, 6.07) is 0. The molecule has 0 aromatic rings. The Kier molecular flexibility index (Phi) is 7.27. The number of allylic oxidation sites excluding steroid dienone is 5. The third-order valence-corrected chi connectivity index (χ3v) is 2.74. The Hall–Kier alpha value is -1.31. The molecular weight excluding hydrogens is 212 g/mol. The first-order chi connectivity index (χ1) is 7.82. The van der Waals surface area contributed by atoms with Crippen molar-refractivity contribution in [3.8, 4) is 0 Å². The highest BCUT2D eigenvalue weighted by Gasteiger charge is 2.03. The molecule has 0 spiro atoms. The highest BCUT2D eigenvalue weighted by Crippen LogP contribution is 2.18. The molecule has 1 N–H and O–H groups in total. The van der Waals surface area contributed by atoms with E-state index in [1.54, 1.807) is 0 Å². The zero-order valence-electron chi connectivity index (χ0n) is 11.6. The lowest BCUT2D eigenvalue weighted by Crippen LogP contribution is -1.97. The molecule has 2 nitrogen and oxygen atoms in total. The van der Waals surface area contributed by atoms with Crippen molar-refractivity contribution in [1.29, 1.82) is 0 Å². The number of rotatable bonds is 6. The first kappa shape index (κ1) is 15.7. The van der Waals surface area contributed by atoms with Gasteiger partial charge < -0.3 is 5.11 Å². The molecule has 0 saturated heterocycles. The predicted molar refractivity (Wildman–Crippen MR) is 73.0 cm³/mol. The van der Waals surface area contributed by atoms with E-state index in [1.165, 1.54) is 17.2 Å². The maximum Gasteiger partial charge on any atom is 0.328 e. The number of hydrogen-bond acceptors (Lipinski definition) is 1. The quantitative estimate of drug-likeness (QED) is 0.423. The molecule has 2 heteroatoms. The van der Waals surface area contributed by atoms with Gasteiger partial charge in [-0.2, -0.15) is 0 Å². The Morgan fingerprint density at radius 2 is 1.76 bits per heavy atom. The van der Waals surface area contributed by atoms with Gasteiger partial charge in [-0.05, 0) is 52.0 Å². The van der Waals surface area contributed by atoms with Crippen LogP contribution in [0.1, 0.15) is 47.5 Å². The molecule has 0 radical (unpaired) electrons. The van der Waals surface area contributed by atoms with Gasteiger partial charge in [-0.15, -0.1) is 0 Å². The van der Waals surface area contributed by atoms with Crippen LogP contribution in [-0.2, 0) is 4.79 Å². The third kappa shape index (κ3) is 8.49. The normalized spacial score (nSPS) is 14.4. The lowest BCUT2D eigenvalue weighted by atomic mass is 9.95. The van der Waals surface area contributed by atoms with Gasteiger partial charge in [0.05, 0.1) is 0 Å². The van der Waals surface area contributed by atoms with Crippen LogP contribution in [0.3, 0.4) is 0 Å². The molecular formula is C15H24O2. The Bertz CT molecular complexity index is 342. The average Bonchev–Trinajstić information content (AvgIpc) is 2.15. The van der Waals surface area contributed by atoms with Gasteiger partial charge in [-0.1, -0.05) is 30.2 Å². The van der Waals surface area contributed by atoms with Crippen molar-refractivity contribution in [2.75, 3.05) is 0 Å². The van der Waals surface area contributed by atoms with Gasteiger partial charge in [0.25, 0.3) is 0 Å². The largest absolute Gasteiger partial charge is 0.478 e. The standard InChI is InChI=1S/C15H24O2/c1-11(2)7-6-8-13(4)14(5)9-12(3)10-15(16)17/h7,9-10,13H,6,8H2,1-5H3,(H,16,17). The summed E-state index contributed by atoms with van der Waals surface area (Å²) in [6.45, 7) is 10.3. The zero-order chi connectivity index (χ0) is 13.4. The van der Waals surface area contributed by atoms with Gasteiger partial charge in [0, 0.05) is 6.08 Å². The van der Waals surface area contributed by atoms with E-state index in [2.05, 4.69) is 33.8 Å². The van der Waals surface area contributed by atoms with Crippen molar-refractivity contribution in [3.63, 3.8) is 0 Å². The van der Waals surface area contributed by atoms with Crippen LogP contribution in [-0.4, -0.2) is 11.1 Å². The summed E-state index contributed by atoms with van der Waals surface area (Å²) in [4.78, 5) is 10.5. The molecule has 0 saturated carbocycles. The Morgan fingerprint density at radius 3 is 2.24 bits per heavy atom. The molecule has 0 bridgehead atoms. The molecule has 0 rings (SSSR count). The highest BCUT2D eigenvalue weighted by molar-refractivity contribution is 5.81. The second kappa shape index (κ2) is 7.88. The maximum atomic E-state index is 10.5. The minimum atomic E-state index is -0.885. The number of hydrogen-bond donors (Lipinski definition) is 1. The van der Waals surface area contributed by atoms with E-state index in [-0.39, 0.29) is 0 Å². The molecule has 0 aromatic carbocycles. The van der Waals surface area contributed by atoms with Gasteiger partial charge in [0.2, 0.25) is 0 Å². The molecule has 96 valence electrons. The van der Waals surface area contributed by atoms with Crippen LogP contribution in [0.5, 0.6) is 0 Å². The predicted octanol–water partition coefficient (Wildman–Crippen LogP) is 4.35. The van der Waals surface area contributed by atoms with E-state index in [9.17, 15) is 4.79 Å². The fourth-order valence-corrected chi connectivity index (χ4v) is 1.59. The molecule has 0 amide bonds. The molecule has 0 aliphatic heterocycles. The van der Waals surface area contributed by atoms with Crippen molar-refractivity contribution in [2.24, 2.45) is 5.92 Å². The second-order valence-electron chi connectivity index (χ2n) is 4.87. The lowest BCUT2D eigenvalue weighted by molar-refractivity contribution is -0.131. The number of carbonyl (C=O) groups is 1. The van der Waals surface area contributed by atoms with E-state index in [0.717, 1.165) is 18.4 Å². The summed E-state index contributed by atoms with van der Waals surface area (Å²) >= 11 is 0. The van der Waals surface area contributed by atoms with Crippen LogP contribution < -0.4 is 0 Å². The maximum absolute atomic E-state index is 10.5. The van der Waals surface area contributed by atoms with Gasteiger partial charge in [0.15, 0.2) is 0 Å². The van der Waals surface area contributed by atoms with Gasteiger partial charge in [-0.25, -0.2) is 4.79 Å². The van der Waals surface area contributed by atoms with Crippen LogP contribution in [0.15, 0.2) is 34.9 Å². The molecule has 1 unspecified atom stereocenters. The van der Waals surface area contributed by atoms with E-state index in [4.69, 9.17) is 5.11 Å². The van der Waals surface area contributed by atoms with Crippen molar-refractivity contribution >= 4 is 5.97 Å². The van der Waals surface area contributed by atoms with Crippen molar-refractivity contribution in [1.82, 2.24) is 0 Å². The molecule has 17 heavy (non-hydrogen) atoms. The first-order valence-corrected chi connectivity index (χ1v) is 6.05. The zero-order valence-corrected chi connectivity index (χ0v) is 11.6. The average molecular weight is 236 g/mol. The Morgan fingerprint density at radius 1 is 1.18 bits per heavy atom. The van der Waals surface area contributed by atoms with Gasteiger partial charge in [0.1, 0.15) is 0 Å². The van der Waals surface area contributed by atoms with Crippen LogP contribution in [0.4, 0.5) is 0 Å². The monoisotopic (exact) mass is 236 g/mol.